The fourth-order valence-electron chi connectivity index (χ4n) is 1.84. The van der Waals surface area contributed by atoms with Gasteiger partial charge in [0.15, 0.2) is 0 Å². The van der Waals surface area contributed by atoms with E-state index >= 15 is 0 Å². The molecule has 2 aromatic rings. The van der Waals surface area contributed by atoms with Crippen LogP contribution in [0.4, 0.5) is 11.4 Å². The van der Waals surface area contributed by atoms with E-state index in [9.17, 15) is 8.42 Å². The number of hydrogen-bond acceptors (Lipinski definition) is 3. The predicted octanol–water partition coefficient (Wildman–Crippen LogP) is 3.06. The van der Waals surface area contributed by atoms with Gasteiger partial charge in [0, 0.05) is 12.1 Å². The first-order valence-electron chi connectivity index (χ1n) is 5.93. The second-order valence-electron chi connectivity index (χ2n) is 4.49. The number of hydrogen-bond donors (Lipinski definition) is 1. The number of sulfonamides is 1. The van der Waals surface area contributed by atoms with Crippen LogP contribution in [0.3, 0.4) is 0 Å². The first-order valence-corrected chi connectivity index (χ1v) is 7.75. The number of benzene rings is 2. The van der Waals surface area contributed by atoms with Crippen molar-refractivity contribution in [3.05, 3.63) is 53.1 Å². The van der Waals surface area contributed by atoms with Crippen molar-refractivity contribution in [1.82, 2.24) is 0 Å². The van der Waals surface area contributed by atoms with Crippen LogP contribution in [0.1, 0.15) is 5.56 Å². The smallest absolute Gasteiger partial charge is 0.266 e. The molecule has 106 valence electrons. The van der Waals surface area contributed by atoms with Gasteiger partial charge in [-0.15, -0.1) is 0 Å². The van der Waals surface area contributed by atoms with Crippen molar-refractivity contribution in [2.45, 2.75) is 11.8 Å². The quantitative estimate of drug-likeness (QED) is 0.886. The Morgan fingerprint density at radius 2 is 1.85 bits per heavy atom. The van der Waals surface area contributed by atoms with Gasteiger partial charge in [-0.05, 0) is 42.8 Å². The van der Waals surface area contributed by atoms with Crippen LogP contribution in [-0.4, -0.2) is 15.5 Å². The number of rotatable bonds is 3. The molecular weight excluding hydrogens is 296 g/mol. The summed E-state index contributed by atoms with van der Waals surface area (Å²) in [5.41, 5.74) is 7.48. The van der Waals surface area contributed by atoms with Crippen molar-refractivity contribution in [2.24, 2.45) is 0 Å². The summed E-state index contributed by atoms with van der Waals surface area (Å²) in [6.07, 6.45) is 0. The summed E-state index contributed by atoms with van der Waals surface area (Å²) in [5.74, 6) is 0. The normalized spacial score (nSPS) is 11.3. The summed E-state index contributed by atoms with van der Waals surface area (Å²) >= 11 is 5.86. The van der Waals surface area contributed by atoms with Gasteiger partial charge in [-0.25, -0.2) is 8.42 Å². The molecule has 0 atom stereocenters. The van der Waals surface area contributed by atoms with Gasteiger partial charge in [0.25, 0.3) is 10.0 Å². The highest BCUT2D eigenvalue weighted by Gasteiger charge is 2.24. The maximum atomic E-state index is 12.6. The summed E-state index contributed by atoms with van der Waals surface area (Å²) in [4.78, 5) is 0.00834. The van der Waals surface area contributed by atoms with E-state index in [-0.39, 0.29) is 10.6 Å². The molecule has 0 amide bonds. The van der Waals surface area contributed by atoms with E-state index in [2.05, 4.69) is 0 Å². The maximum Gasteiger partial charge on any atom is 0.266 e. The van der Waals surface area contributed by atoms with Crippen LogP contribution < -0.4 is 10.0 Å². The number of nitrogens with two attached hydrogens (primary N) is 1. The van der Waals surface area contributed by atoms with Crippen LogP contribution in [-0.2, 0) is 10.0 Å². The van der Waals surface area contributed by atoms with Crippen molar-refractivity contribution < 1.29 is 8.42 Å². The average Bonchev–Trinajstić information content (AvgIpc) is 2.40. The molecule has 0 radical (unpaired) electrons. The zero-order valence-corrected chi connectivity index (χ0v) is 12.7. The Morgan fingerprint density at radius 3 is 2.50 bits per heavy atom. The Bertz CT molecular complexity index is 745. The summed E-state index contributed by atoms with van der Waals surface area (Å²) in [7, 11) is -2.25. The van der Waals surface area contributed by atoms with Crippen molar-refractivity contribution in [1.29, 1.82) is 0 Å². The van der Waals surface area contributed by atoms with E-state index in [0.29, 0.717) is 10.7 Å². The molecule has 0 aliphatic heterocycles. The van der Waals surface area contributed by atoms with E-state index < -0.39 is 10.0 Å². The van der Waals surface area contributed by atoms with E-state index in [4.69, 9.17) is 17.3 Å². The van der Waals surface area contributed by atoms with Crippen LogP contribution in [0, 0.1) is 6.92 Å². The predicted molar refractivity (Wildman–Crippen MR) is 82.6 cm³/mol. The highest BCUT2D eigenvalue weighted by molar-refractivity contribution is 7.93. The minimum Gasteiger partial charge on any atom is -0.398 e. The average molecular weight is 311 g/mol. The van der Waals surface area contributed by atoms with Gasteiger partial charge >= 0.3 is 0 Å². The van der Waals surface area contributed by atoms with E-state index in [0.717, 1.165) is 5.56 Å². The van der Waals surface area contributed by atoms with Gasteiger partial charge < -0.3 is 5.73 Å². The summed E-state index contributed by atoms with van der Waals surface area (Å²) < 4.78 is 26.4. The summed E-state index contributed by atoms with van der Waals surface area (Å²) in [5, 5.41) is 0.329. The Labute approximate surface area is 123 Å². The third-order valence-electron chi connectivity index (χ3n) is 2.98. The van der Waals surface area contributed by atoms with E-state index in [1.807, 2.05) is 13.0 Å². The molecular formula is C14H15ClN2O2S. The monoisotopic (exact) mass is 310 g/mol. The van der Waals surface area contributed by atoms with Crippen LogP contribution in [0.5, 0.6) is 0 Å². The molecule has 2 N–H and O–H groups in total. The zero-order chi connectivity index (χ0) is 14.9. The van der Waals surface area contributed by atoms with Crippen molar-refractivity contribution in [3.8, 4) is 0 Å². The highest BCUT2D eigenvalue weighted by Crippen LogP contribution is 2.28. The second-order valence-corrected chi connectivity index (χ2v) is 6.87. The molecule has 0 unspecified atom stereocenters. The topological polar surface area (TPSA) is 63.4 Å². The highest BCUT2D eigenvalue weighted by atomic mass is 35.5. The van der Waals surface area contributed by atoms with Crippen LogP contribution >= 0.6 is 11.6 Å². The Balaban J connectivity index is 2.52. The minimum absolute atomic E-state index is 0.00834. The third kappa shape index (κ3) is 2.73. The molecule has 0 aromatic heterocycles. The molecule has 0 saturated carbocycles. The van der Waals surface area contributed by atoms with Gasteiger partial charge in [0.05, 0.1) is 11.4 Å². The molecule has 0 aliphatic carbocycles. The van der Waals surface area contributed by atoms with Gasteiger partial charge in [-0.3, -0.25) is 4.31 Å². The van der Waals surface area contributed by atoms with Crippen molar-refractivity contribution in [2.75, 3.05) is 17.1 Å². The molecule has 4 nitrogen and oxygen atoms in total. The fourth-order valence-corrected chi connectivity index (χ4v) is 3.41. The molecule has 20 heavy (non-hydrogen) atoms. The zero-order valence-electron chi connectivity index (χ0n) is 11.2. The van der Waals surface area contributed by atoms with Gasteiger partial charge in [-0.2, -0.15) is 0 Å². The van der Waals surface area contributed by atoms with Gasteiger partial charge in [-0.1, -0.05) is 23.7 Å². The molecule has 0 saturated heterocycles. The fraction of sp³-hybridized carbons (Fsp3) is 0.143. The lowest BCUT2D eigenvalue weighted by Crippen LogP contribution is -2.27. The lowest BCUT2D eigenvalue weighted by molar-refractivity contribution is 0.595. The van der Waals surface area contributed by atoms with Gasteiger partial charge in [0.1, 0.15) is 4.90 Å². The number of aryl methyl sites for hydroxylation is 1. The van der Waals surface area contributed by atoms with Gasteiger partial charge in [0.2, 0.25) is 0 Å². The standard InChI is InChI=1S/C14H15ClN2O2S/c1-10-4-3-5-12(8-10)17(2)20(18,19)14-9-11(15)6-7-13(14)16/h3-9H,16H2,1-2H3. The Hall–Kier alpha value is -1.72. The van der Waals surface area contributed by atoms with Crippen LogP contribution in [0.25, 0.3) is 0 Å². The lowest BCUT2D eigenvalue weighted by atomic mass is 10.2. The molecule has 0 heterocycles. The maximum absolute atomic E-state index is 12.6. The second kappa shape index (κ2) is 5.34. The molecule has 0 aliphatic rings. The molecule has 0 bridgehead atoms. The number of nitrogen functional groups attached to an aromatic ring is 1. The first kappa shape index (κ1) is 14.7. The van der Waals surface area contributed by atoms with Crippen LogP contribution in [0.2, 0.25) is 5.02 Å². The number of halogens is 1. The SMILES string of the molecule is Cc1cccc(N(C)S(=O)(=O)c2cc(Cl)ccc2N)c1. The summed E-state index contributed by atoms with van der Waals surface area (Å²) in [6, 6.07) is 11.6. The van der Waals surface area contributed by atoms with Crippen molar-refractivity contribution >= 4 is 33.0 Å². The molecule has 2 rings (SSSR count). The van der Waals surface area contributed by atoms with Crippen LogP contribution in [0.15, 0.2) is 47.4 Å². The summed E-state index contributed by atoms with van der Waals surface area (Å²) in [6.45, 7) is 1.90. The third-order valence-corrected chi connectivity index (χ3v) is 5.06. The first-order chi connectivity index (χ1) is 9.32. The Morgan fingerprint density at radius 1 is 1.15 bits per heavy atom. The lowest BCUT2D eigenvalue weighted by Gasteiger charge is -2.21. The molecule has 6 heteroatoms. The minimum atomic E-state index is -3.74. The van der Waals surface area contributed by atoms with E-state index in [1.54, 1.807) is 24.3 Å². The molecule has 0 fully saturated rings. The Kier molecular flexibility index (Phi) is 3.92. The molecule has 0 spiro atoms. The largest absolute Gasteiger partial charge is 0.398 e. The molecule has 2 aromatic carbocycles. The number of nitrogens with zero attached hydrogens (tertiary/aromatic N) is 1. The van der Waals surface area contributed by atoms with E-state index in [1.165, 1.54) is 23.5 Å². The number of anilines is 2. The van der Waals surface area contributed by atoms with Crippen molar-refractivity contribution in [3.63, 3.8) is 0 Å².